The Morgan fingerprint density at radius 3 is 2.41 bits per heavy atom. The van der Waals surface area contributed by atoms with Crippen LogP contribution in [0.4, 0.5) is 9.52 Å². The number of ketones is 1. The van der Waals surface area contributed by atoms with Gasteiger partial charge in [0.2, 0.25) is 0 Å². The molecule has 4 rings (SSSR count). The van der Waals surface area contributed by atoms with Crippen LogP contribution in [0, 0.1) is 12.7 Å². The highest BCUT2D eigenvalue weighted by atomic mass is 32.1. The average molecular weight is 452 g/mol. The fraction of sp³-hybridized carbons (Fsp3) is 0.130. The van der Waals surface area contributed by atoms with Crippen molar-refractivity contribution in [3.63, 3.8) is 0 Å². The van der Waals surface area contributed by atoms with Crippen molar-refractivity contribution in [1.82, 2.24) is 4.98 Å². The summed E-state index contributed by atoms with van der Waals surface area (Å²) in [5, 5.41) is 11.0. The molecule has 0 saturated carbocycles. The van der Waals surface area contributed by atoms with Gasteiger partial charge in [-0.2, -0.15) is 0 Å². The number of rotatable bonds is 4. The number of hydrogen-bond donors (Lipinski definition) is 1. The third-order valence-electron chi connectivity index (χ3n) is 5.04. The number of hydrogen-bond acceptors (Lipinski definition) is 7. The van der Waals surface area contributed by atoms with Gasteiger partial charge in [0.05, 0.1) is 24.4 Å². The molecule has 0 spiro atoms. The van der Waals surface area contributed by atoms with E-state index in [2.05, 4.69) is 4.98 Å². The van der Waals surface area contributed by atoms with Gasteiger partial charge in [0, 0.05) is 5.56 Å². The summed E-state index contributed by atoms with van der Waals surface area (Å²) in [7, 11) is 1.23. The van der Waals surface area contributed by atoms with Gasteiger partial charge in [0.15, 0.2) is 5.13 Å². The molecule has 0 aliphatic carbocycles. The van der Waals surface area contributed by atoms with Gasteiger partial charge in [0.25, 0.3) is 5.78 Å². The Morgan fingerprint density at radius 2 is 1.78 bits per heavy atom. The van der Waals surface area contributed by atoms with Gasteiger partial charge < -0.3 is 9.84 Å². The monoisotopic (exact) mass is 452 g/mol. The summed E-state index contributed by atoms with van der Waals surface area (Å²) in [6.07, 6.45) is 0. The van der Waals surface area contributed by atoms with E-state index in [0.29, 0.717) is 16.8 Å². The first-order valence-corrected chi connectivity index (χ1v) is 10.3. The van der Waals surface area contributed by atoms with Crippen LogP contribution >= 0.6 is 11.3 Å². The molecule has 1 amide bonds. The van der Waals surface area contributed by atoms with E-state index < -0.39 is 29.5 Å². The molecule has 9 heteroatoms. The second-order valence-electron chi connectivity index (χ2n) is 6.99. The van der Waals surface area contributed by atoms with E-state index in [1.165, 1.54) is 31.4 Å². The molecule has 1 aromatic heterocycles. The number of anilines is 1. The average Bonchev–Trinajstić information content (AvgIpc) is 3.31. The fourth-order valence-electron chi connectivity index (χ4n) is 3.51. The number of methoxy groups -OCH3 is 1. The lowest BCUT2D eigenvalue weighted by Crippen LogP contribution is -2.29. The minimum Gasteiger partial charge on any atom is -0.507 e. The number of halogens is 1. The standard InChI is InChI=1S/C23H17FN2O5S/c1-12-20(22(30)31-2)32-23(25-12)26-17(13-8-10-15(24)11-9-13)16(19(28)21(26)29)18(27)14-6-4-3-5-7-14/h3-11,17,27H,1-2H3/b18-16+/t17-/m0/s1. The molecule has 1 saturated heterocycles. The first-order valence-electron chi connectivity index (χ1n) is 9.51. The highest BCUT2D eigenvalue weighted by Gasteiger charge is 2.48. The topological polar surface area (TPSA) is 96.8 Å². The zero-order valence-corrected chi connectivity index (χ0v) is 17.9. The summed E-state index contributed by atoms with van der Waals surface area (Å²) in [6.45, 7) is 1.58. The van der Waals surface area contributed by atoms with E-state index in [-0.39, 0.29) is 21.3 Å². The Hall–Kier alpha value is -3.85. The number of aliphatic hydroxyl groups is 1. The van der Waals surface area contributed by atoms with Gasteiger partial charge >= 0.3 is 11.9 Å². The van der Waals surface area contributed by atoms with E-state index in [1.807, 2.05) is 0 Å². The van der Waals surface area contributed by atoms with Crippen LogP contribution in [-0.4, -0.2) is 34.9 Å². The number of benzene rings is 2. The third kappa shape index (κ3) is 3.56. The van der Waals surface area contributed by atoms with Crippen molar-refractivity contribution < 1.29 is 28.6 Å². The first-order chi connectivity index (χ1) is 15.3. The second-order valence-corrected chi connectivity index (χ2v) is 7.97. The molecular weight excluding hydrogens is 435 g/mol. The molecule has 162 valence electrons. The molecule has 0 radical (unpaired) electrons. The summed E-state index contributed by atoms with van der Waals surface area (Å²) >= 11 is 0.895. The normalized spacial score (nSPS) is 17.6. The van der Waals surface area contributed by atoms with Crippen LogP contribution in [0.2, 0.25) is 0 Å². The molecule has 3 aromatic rings. The van der Waals surface area contributed by atoms with Crippen molar-refractivity contribution in [2.75, 3.05) is 12.0 Å². The first kappa shape index (κ1) is 21.4. The highest BCUT2D eigenvalue weighted by molar-refractivity contribution is 7.17. The van der Waals surface area contributed by atoms with Crippen LogP contribution in [0.25, 0.3) is 5.76 Å². The summed E-state index contributed by atoms with van der Waals surface area (Å²) < 4.78 is 18.3. The Labute approximate surface area is 186 Å². The maximum Gasteiger partial charge on any atom is 0.350 e. The number of aromatic nitrogens is 1. The number of carbonyl (C=O) groups excluding carboxylic acids is 3. The lowest BCUT2D eigenvalue weighted by atomic mass is 9.95. The van der Waals surface area contributed by atoms with Gasteiger partial charge in [-0.3, -0.25) is 14.5 Å². The number of amides is 1. The maximum atomic E-state index is 13.6. The number of thiazole rings is 1. The third-order valence-corrected chi connectivity index (χ3v) is 6.18. The van der Waals surface area contributed by atoms with Gasteiger partial charge in [-0.05, 0) is 24.6 Å². The highest BCUT2D eigenvalue weighted by Crippen LogP contribution is 2.43. The smallest absolute Gasteiger partial charge is 0.350 e. The SMILES string of the molecule is COC(=O)c1sc(N2C(=O)C(=O)/C(=C(/O)c3ccccc3)[C@@H]2c2ccc(F)cc2)nc1C. The second kappa shape index (κ2) is 8.35. The quantitative estimate of drug-likeness (QED) is 0.278. The Bertz CT molecular complexity index is 1250. The van der Waals surface area contributed by atoms with E-state index in [1.54, 1.807) is 37.3 Å². The minimum atomic E-state index is -1.06. The fourth-order valence-corrected chi connectivity index (χ4v) is 4.52. The van der Waals surface area contributed by atoms with E-state index in [0.717, 1.165) is 16.2 Å². The number of nitrogens with zero attached hydrogens (tertiary/aromatic N) is 2. The molecule has 0 bridgehead atoms. The Kier molecular flexibility index (Phi) is 5.58. The van der Waals surface area contributed by atoms with E-state index >= 15 is 0 Å². The zero-order chi connectivity index (χ0) is 23.0. The molecule has 1 aliphatic rings. The maximum absolute atomic E-state index is 13.6. The number of aryl methyl sites for hydroxylation is 1. The molecule has 7 nitrogen and oxygen atoms in total. The number of aliphatic hydroxyl groups excluding tert-OH is 1. The lowest BCUT2D eigenvalue weighted by Gasteiger charge is -2.23. The van der Waals surface area contributed by atoms with Crippen molar-refractivity contribution in [1.29, 1.82) is 0 Å². The zero-order valence-electron chi connectivity index (χ0n) is 17.0. The van der Waals surface area contributed by atoms with Crippen molar-refractivity contribution >= 4 is 39.9 Å². The number of esters is 1. The lowest BCUT2D eigenvalue weighted by molar-refractivity contribution is -0.132. The van der Waals surface area contributed by atoms with Gasteiger partial charge in [-0.1, -0.05) is 53.8 Å². The number of carbonyl (C=O) groups is 3. The number of ether oxygens (including phenoxy) is 1. The molecule has 1 aliphatic heterocycles. The van der Waals surface area contributed by atoms with E-state index in [4.69, 9.17) is 4.74 Å². The van der Waals surface area contributed by atoms with Crippen molar-refractivity contribution in [3.8, 4) is 0 Å². The van der Waals surface area contributed by atoms with Crippen molar-refractivity contribution in [2.45, 2.75) is 13.0 Å². The molecule has 1 fully saturated rings. The molecule has 1 atom stereocenters. The van der Waals surface area contributed by atoms with Crippen molar-refractivity contribution in [3.05, 3.63) is 87.7 Å². The Balaban J connectivity index is 1.93. The molecule has 2 heterocycles. The van der Waals surface area contributed by atoms with Crippen LogP contribution in [0.3, 0.4) is 0 Å². The van der Waals surface area contributed by atoms with Gasteiger partial charge in [-0.25, -0.2) is 14.2 Å². The predicted octanol–water partition coefficient (Wildman–Crippen LogP) is 4.00. The summed E-state index contributed by atoms with van der Waals surface area (Å²) in [4.78, 5) is 43.8. The molecular formula is C23H17FN2O5S. The minimum absolute atomic E-state index is 0.0893. The summed E-state index contributed by atoms with van der Waals surface area (Å²) in [5.74, 6) is -3.30. The van der Waals surface area contributed by atoms with Crippen LogP contribution in [0.5, 0.6) is 0 Å². The predicted molar refractivity (Wildman–Crippen MR) is 116 cm³/mol. The Morgan fingerprint density at radius 1 is 1.12 bits per heavy atom. The summed E-state index contributed by atoms with van der Waals surface area (Å²) in [6, 6.07) is 12.5. The largest absolute Gasteiger partial charge is 0.507 e. The van der Waals surface area contributed by atoms with Gasteiger partial charge in [-0.15, -0.1) is 0 Å². The van der Waals surface area contributed by atoms with Crippen molar-refractivity contribution in [2.24, 2.45) is 0 Å². The molecule has 0 unspecified atom stereocenters. The van der Waals surface area contributed by atoms with Crippen LogP contribution in [0.15, 0.2) is 60.2 Å². The van der Waals surface area contributed by atoms with E-state index in [9.17, 15) is 23.9 Å². The van der Waals surface area contributed by atoms with Crippen LogP contribution < -0.4 is 4.90 Å². The van der Waals surface area contributed by atoms with Crippen LogP contribution in [-0.2, 0) is 14.3 Å². The molecule has 1 N–H and O–H groups in total. The number of Topliss-reactive ketones (excluding diaryl/α,β-unsaturated/α-hetero) is 1. The van der Waals surface area contributed by atoms with Crippen LogP contribution in [0.1, 0.15) is 32.5 Å². The summed E-state index contributed by atoms with van der Waals surface area (Å²) in [5.41, 5.74) is 0.929. The molecule has 2 aromatic carbocycles. The van der Waals surface area contributed by atoms with Gasteiger partial charge in [0.1, 0.15) is 16.5 Å². The molecule has 32 heavy (non-hydrogen) atoms.